The van der Waals surface area contributed by atoms with E-state index in [2.05, 4.69) is 20.3 Å². The summed E-state index contributed by atoms with van der Waals surface area (Å²) in [4.78, 5) is 47.3. The number of amides is 1. The highest BCUT2D eigenvalue weighted by atomic mass is 32.2. The average Bonchev–Trinajstić information content (AvgIpc) is 3.32. The van der Waals surface area contributed by atoms with E-state index < -0.39 is 17.9 Å². The fourth-order valence-corrected chi connectivity index (χ4v) is 4.08. The Morgan fingerprint density at radius 3 is 2.71 bits per heavy atom. The van der Waals surface area contributed by atoms with Gasteiger partial charge in [0.25, 0.3) is 5.56 Å². The van der Waals surface area contributed by atoms with E-state index in [-0.39, 0.29) is 29.2 Å². The van der Waals surface area contributed by atoms with E-state index in [1.54, 1.807) is 22.9 Å². The maximum Gasteiger partial charge on any atom is 0.327 e. The summed E-state index contributed by atoms with van der Waals surface area (Å²) in [5.41, 5.74) is 0.795. The first-order valence-corrected chi connectivity index (χ1v) is 10.1. The van der Waals surface area contributed by atoms with E-state index >= 15 is 0 Å². The van der Waals surface area contributed by atoms with Gasteiger partial charge in [0.05, 0.1) is 6.54 Å². The SMILES string of the molecule is CC(=O)NC(CSc1nc2c(=O)n3cc[nH]c3nc2n1Cc1ccc(F)cc1)C(=O)O. The van der Waals surface area contributed by atoms with Crippen molar-refractivity contribution < 1.29 is 19.1 Å². The zero-order valence-corrected chi connectivity index (χ0v) is 17.0. The van der Waals surface area contributed by atoms with Gasteiger partial charge in [0, 0.05) is 25.1 Å². The number of fused-ring (bicyclic) bond motifs is 2. The minimum absolute atomic E-state index is 0.0130. The van der Waals surface area contributed by atoms with E-state index in [1.165, 1.54) is 29.7 Å². The number of carboxylic acids is 1. The summed E-state index contributed by atoms with van der Waals surface area (Å²) in [6, 6.07) is 4.72. The van der Waals surface area contributed by atoms with E-state index in [9.17, 15) is 23.9 Å². The molecule has 3 aromatic heterocycles. The summed E-state index contributed by atoms with van der Waals surface area (Å²) in [5.74, 6) is -1.72. The summed E-state index contributed by atoms with van der Waals surface area (Å²) in [6.45, 7) is 1.47. The number of rotatable bonds is 7. The molecule has 31 heavy (non-hydrogen) atoms. The molecule has 1 aromatic carbocycles. The molecule has 12 heteroatoms. The molecule has 1 amide bonds. The van der Waals surface area contributed by atoms with Gasteiger partial charge in [-0.3, -0.25) is 18.6 Å². The van der Waals surface area contributed by atoms with Crippen molar-refractivity contribution in [3.05, 3.63) is 58.4 Å². The first-order valence-electron chi connectivity index (χ1n) is 9.16. The number of benzene rings is 1. The Bertz CT molecular complexity index is 1340. The number of imidazole rings is 2. The number of aliphatic carboxylic acids is 1. The number of H-pyrrole nitrogens is 1. The van der Waals surface area contributed by atoms with Gasteiger partial charge in [-0.25, -0.2) is 14.2 Å². The average molecular weight is 444 g/mol. The zero-order valence-electron chi connectivity index (χ0n) is 16.2. The number of aromatic amines is 1. The molecular weight excluding hydrogens is 427 g/mol. The lowest BCUT2D eigenvalue weighted by molar-refractivity contribution is -0.140. The molecule has 1 atom stereocenters. The van der Waals surface area contributed by atoms with Crippen molar-refractivity contribution in [3.8, 4) is 0 Å². The summed E-state index contributed by atoms with van der Waals surface area (Å²) in [5, 5.41) is 12.1. The molecule has 4 aromatic rings. The highest BCUT2D eigenvalue weighted by Crippen LogP contribution is 2.24. The molecule has 0 fully saturated rings. The lowest BCUT2D eigenvalue weighted by atomic mass is 10.2. The predicted molar refractivity (Wildman–Crippen MR) is 111 cm³/mol. The van der Waals surface area contributed by atoms with Gasteiger partial charge < -0.3 is 15.4 Å². The van der Waals surface area contributed by atoms with Gasteiger partial charge in [0.2, 0.25) is 11.7 Å². The molecule has 4 rings (SSSR count). The Hall–Kier alpha value is -3.67. The summed E-state index contributed by atoms with van der Waals surface area (Å²) < 4.78 is 16.3. The lowest BCUT2D eigenvalue weighted by Gasteiger charge is -2.13. The van der Waals surface area contributed by atoms with Crippen LogP contribution in [0.25, 0.3) is 16.9 Å². The molecule has 10 nitrogen and oxygen atoms in total. The van der Waals surface area contributed by atoms with Crippen molar-refractivity contribution in [2.24, 2.45) is 0 Å². The third kappa shape index (κ3) is 4.14. The number of aromatic nitrogens is 5. The van der Waals surface area contributed by atoms with Gasteiger partial charge in [-0.2, -0.15) is 4.98 Å². The minimum atomic E-state index is -1.18. The smallest absolute Gasteiger partial charge is 0.327 e. The number of nitrogens with zero attached hydrogens (tertiary/aromatic N) is 4. The van der Waals surface area contributed by atoms with Crippen LogP contribution < -0.4 is 10.9 Å². The fourth-order valence-electron chi connectivity index (χ4n) is 3.08. The molecule has 160 valence electrons. The van der Waals surface area contributed by atoms with Crippen LogP contribution >= 0.6 is 11.8 Å². The standard InChI is InChI=1S/C19H17FN6O4S/c1-10(27)22-13(17(29)30)9-31-19-23-14-15(24-18-21-6-7-25(18)16(14)28)26(19)8-11-2-4-12(20)5-3-11/h2-7,13H,8-9H2,1H3,(H,21,24)(H,22,27)(H,29,30). The van der Waals surface area contributed by atoms with E-state index in [4.69, 9.17) is 0 Å². The molecule has 0 bridgehead atoms. The third-order valence-corrected chi connectivity index (χ3v) is 5.58. The van der Waals surface area contributed by atoms with Crippen LogP contribution in [-0.4, -0.2) is 52.7 Å². The van der Waals surface area contributed by atoms with E-state index in [0.29, 0.717) is 16.6 Å². The topological polar surface area (TPSA) is 134 Å². The Kier molecular flexibility index (Phi) is 5.46. The van der Waals surface area contributed by atoms with Gasteiger partial charge in [0.15, 0.2) is 16.3 Å². The molecule has 0 aliphatic heterocycles. The summed E-state index contributed by atoms with van der Waals surface area (Å²) in [7, 11) is 0. The minimum Gasteiger partial charge on any atom is -0.480 e. The van der Waals surface area contributed by atoms with Crippen LogP contribution in [-0.2, 0) is 16.1 Å². The highest BCUT2D eigenvalue weighted by Gasteiger charge is 2.23. The van der Waals surface area contributed by atoms with Crippen LogP contribution in [0.5, 0.6) is 0 Å². The van der Waals surface area contributed by atoms with Crippen LogP contribution in [0.2, 0.25) is 0 Å². The number of carboxylic acid groups (broad SMARTS) is 1. The second kappa shape index (κ2) is 8.22. The normalized spacial score (nSPS) is 12.3. The number of carbonyl (C=O) groups is 2. The van der Waals surface area contributed by atoms with Crippen molar-refractivity contribution in [1.82, 2.24) is 29.2 Å². The van der Waals surface area contributed by atoms with Crippen molar-refractivity contribution in [2.75, 3.05) is 5.75 Å². The van der Waals surface area contributed by atoms with Gasteiger partial charge in [-0.1, -0.05) is 23.9 Å². The third-order valence-electron chi connectivity index (χ3n) is 4.51. The number of hydrogen-bond acceptors (Lipinski definition) is 6. The van der Waals surface area contributed by atoms with Crippen LogP contribution in [0.15, 0.2) is 46.6 Å². The van der Waals surface area contributed by atoms with Crippen molar-refractivity contribution >= 4 is 40.6 Å². The molecule has 0 spiro atoms. The van der Waals surface area contributed by atoms with Crippen molar-refractivity contribution in [2.45, 2.75) is 24.7 Å². The lowest BCUT2D eigenvalue weighted by Crippen LogP contribution is -2.41. The summed E-state index contributed by atoms with van der Waals surface area (Å²) >= 11 is 1.08. The quantitative estimate of drug-likeness (QED) is 0.365. The highest BCUT2D eigenvalue weighted by molar-refractivity contribution is 7.99. The van der Waals surface area contributed by atoms with Gasteiger partial charge in [-0.05, 0) is 17.7 Å². The second-order valence-corrected chi connectivity index (χ2v) is 7.74. The Labute approximate surface area is 178 Å². The zero-order chi connectivity index (χ0) is 22.1. The van der Waals surface area contributed by atoms with E-state index in [1.807, 2.05) is 0 Å². The van der Waals surface area contributed by atoms with E-state index in [0.717, 1.165) is 17.3 Å². The second-order valence-electron chi connectivity index (χ2n) is 6.75. The number of halogens is 1. The molecule has 0 aliphatic rings. The van der Waals surface area contributed by atoms with Crippen molar-refractivity contribution in [3.63, 3.8) is 0 Å². The molecular formula is C19H17FN6O4S. The first-order chi connectivity index (χ1) is 14.8. The molecule has 1 unspecified atom stereocenters. The van der Waals surface area contributed by atoms with Crippen LogP contribution in [0.4, 0.5) is 4.39 Å². The fraction of sp³-hybridized carbons (Fsp3) is 0.211. The monoisotopic (exact) mass is 444 g/mol. The molecule has 3 heterocycles. The van der Waals surface area contributed by atoms with Crippen LogP contribution in [0.1, 0.15) is 12.5 Å². The first kappa shape index (κ1) is 20.6. The number of thioether (sulfide) groups is 1. The molecule has 0 aliphatic carbocycles. The molecule has 0 saturated heterocycles. The number of nitrogens with one attached hydrogen (secondary N) is 2. The molecule has 3 N–H and O–H groups in total. The number of carbonyl (C=O) groups excluding carboxylic acids is 1. The maximum atomic E-state index is 13.3. The largest absolute Gasteiger partial charge is 0.480 e. The van der Waals surface area contributed by atoms with Crippen molar-refractivity contribution in [1.29, 1.82) is 0 Å². The Balaban J connectivity index is 1.77. The van der Waals surface area contributed by atoms with Crippen LogP contribution in [0.3, 0.4) is 0 Å². The van der Waals surface area contributed by atoms with Crippen LogP contribution in [0, 0.1) is 5.82 Å². The Morgan fingerprint density at radius 2 is 2.03 bits per heavy atom. The summed E-state index contributed by atoms with van der Waals surface area (Å²) in [6.07, 6.45) is 3.11. The predicted octanol–water partition coefficient (Wildman–Crippen LogP) is 1.24. The maximum absolute atomic E-state index is 13.3. The molecule has 0 radical (unpaired) electrons. The van der Waals surface area contributed by atoms with Gasteiger partial charge in [0.1, 0.15) is 11.9 Å². The van der Waals surface area contributed by atoms with Gasteiger partial charge >= 0.3 is 5.97 Å². The Morgan fingerprint density at radius 1 is 1.29 bits per heavy atom. The van der Waals surface area contributed by atoms with Gasteiger partial charge in [-0.15, -0.1) is 0 Å². The molecule has 0 saturated carbocycles. The number of hydrogen-bond donors (Lipinski definition) is 3.